The Morgan fingerprint density at radius 3 is 2.73 bits per heavy atom. The summed E-state index contributed by atoms with van der Waals surface area (Å²) in [7, 11) is 0. The molecule has 0 atom stereocenters. The maximum atomic E-state index is 11.9. The Morgan fingerprint density at radius 1 is 1.53 bits per heavy atom. The van der Waals surface area contributed by atoms with Gasteiger partial charge in [0.15, 0.2) is 0 Å². The molecule has 0 saturated carbocycles. The summed E-state index contributed by atoms with van der Waals surface area (Å²) in [6, 6.07) is 4.36. The fraction of sp³-hybridized carbons (Fsp3) is 0.250. The highest BCUT2D eigenvalue weighted by Crippen LogP contribution is 2.26. The minimum absolute atomic E-state index is 0.112. The Bertz CT molecular complexity index is 374. The van der Waals surface area contributed by atoms with Gasteiger partial charge in [-0.2, -0.15) is 0 Å². The Balaban J connectivity index is 2.91. The van der Waals surface area contributed by atoms with Gasteiger partial charge in [0.25, 0.3) is 12.1 Å². The van der Waals surface area contributed by atoms with E-state index in [-0.39, 0.29) is 11.4 Å². The summed E-state index contributed by atoms with van der Waals surface area (Å²) in [5, 5.41) is 12.9. The van der Waals surface area contributed by atoms with Gasteiger partial charge in [0.2, 0.25) is 0 Å². The Morgan fingerprint density at radius 2 is 2.20 bits per heavy atom. The van der Waals surface area contributed by atoms with Crippen LogP contribution in [0.1, 0.15) is 0 Å². The first kappa shape index (κ1) is 12.1. The molecule has 0 aliphatic heterocycles. The zero-order valence-electron chi connectivity index (χ0n) is 7.41. The van der Waals surface area contributed by atoms with Crippen LogP contribution in [0.5, 0.6) is 0 Å². The fourth-order valence-corrected chi connectivity index (χ4v) is 1.47. The van der Waals surface area contributed by atoms with Crippen LogP contribution in [-0.4, -0.2) is 17.9 Å². The highest BCUT2D eigenvalue weighted by molar-refractivity contribution is 14.1. The van der Waals surface area contributed by atoms with Gasteiger partial charge in [-0.3, -0.25) is 10.1 Å². The van der Waals surface area contributed by atoms with E-state index in [0.717, 1.165) is 0 Å². The number of alkyl halides is 2. The zero-order chi connectivity index (χ0) is 11.4. The lowest BCUT2D eigenvalue weighted by Crippen LogP contribution is -2.11. The predicted octanol–water partition coefficient (Wildman–Crippen LogP) is 2.88. The average Bonchev–Trinajstić information content (AvgIpc) is 2.15. The number of hydrogen-bond acceptors (Lipinski definition) is 3. The SMILES string of the molecule is O=[N+]([O-])c1cc(I)ccc1NCC(F)F. The summed E-state index contributed by atoms with van der Waals surface area (Å²) < 4.78 is 24.5. The number of hydrogen-bond donors (Lipinski definition) is 1. The molecule has 1 rings (SSSR count). The summed E-state index contributed by atoms with van der Waals surface area (Å²) in [4.78, 5) is 9.99. The summed E-state index contributed by atoms with van der Waals surface area (Å²) in [5.41, 5.74) is -0.0803. The van der Waals surface area contributed by atoms with Crippen molar-refractivity contribution in [3.8, 4) is 0 Å². The summed E-state index contributed by atoms with van der Waals surface area (Å²) in [6.45, 7) is -0.596. The van der Waals surface area contributed by atoms with Crippen LogP contribution in [0.3, 0.4) is 0 Å². The quantitative estimate of drug-likeness (QED) is 0.525. The fourth-order valence-electron chi connectivity index (χ4n) is 0.992. The molecule has 0 saturated heterocycles. The molecule has 0 fully saturated rings. The number of anilines is 1. The third-order valence-corrected chi connectivity index (χ3v) is 2.27. The van der Waals surface area contributed by atoms with Crippen molar-refractivity contribution in [3.05, 3.63) is 31.9 Å². The summed E-state index contributed by atoms with van der Waals surface area (Å²) in [6.07, 6.45) is -2.54. The molecular weight excluding hydrogens is 321 g/mol. The van der Waals surface area contributed by atoms with Crippen LogP contribution in [-0.2, 0) is 0 Å². The number of halogens is 3. The maximum absolute atomic E-state index is 11.9. The molecule has 4 nitrogen and oxygen atoms in total. The van der Waals surface area contributed by atoms with E-state index in [9.17, 15) is 18.9 Å². The minimum Gasteiger partial charge on any atom is -0.374 e. The minimum atomic E-state index is -2.54. The largest absolute Gasteiger partial charge is 0.374 e. The van der Waals surface area contributed by atoms with Crippen LogP contribution in [0.15, 0.2) is 18.2 Å². The number of nitro groups is 1. The van der Waals surface area contributed by atoms with Crippen LogP contribution in [0.2, 0.25) is 0 Å². The van der Waals surface area contributed by atoms with E-state index in [1.54, 1.807) is 6.07 Å². The lowest BCUT2D eigenvalue weighted by molar-refractivity contribution is -0.384. The van der Waals surface area contributed by atoms with Crippen molar-refractivity contribution < 1.29 is 13.7 Å². The number of nitro benzene ring substituents is 1. The van der Waals surface area contributed by atoms with Crippen molar-refractivity contribution in [2.24, 2.45) is 0 Å². The Labute approximate surface area is 98.0 Å². The summed E-state index contributed by atoms with van der Waals surface area (Å²) >= 11 is 1.92. The number of benzene rings is 1. The third kappa shape index (κ3) is 3.57. The van der Waals surface area contributed by atoms with Gasteiger partial charge < -0.3 is 5.32 Å². The molecule has 0 radical (unpaired) electrons. The predicted molar refractivity (Wildman–Crippen MR) is 60.3 cm³/mol. The van der Waals surface area contributed by atoms with Gasteiger partial charge in [0.1, 0.15) is 5.69 Å². The van der Waals surface area contributed by atoms with E-state index in [2.05, 4.69) is 5.32 Å². The molecule has 0 amide bonds. The smallest absolute Gasteiger partial charge is 0.293 e. The third-order valence-electron chi connectivity index (χ3n) is 1.60. The monoisotopic (exact) mass is 328 g/mol. The first-order chi connectivity index (χ1) is 7.00. The molecular formula is C8H7F2IN2O2. The number of nitrogens with one attached hydrogen (secondary N) is 1. The topological polar surface area (TPSA) is 55.2 Å². The molecule has 82 valence electrons. The highest BCUT2D eigenvalue weighted by Gasteiger charge is 2.14. The highest BCUT2D eigenvalue weighted by atomic mass is 127. The molecule has 0 aliphatic carbocycles. The standard InChI is InChI=1S/C8H7F2IN2O2/c9-8(10)4-12-6-2-1-5(11)3-7(6)13(14)15/h1-3,8,12H,4H2. The van der Waals surface area contributed by atoms with Gasteiger partial charge in [0, 0.05) is 9.64 Å². The van der Waals surface area contributed by atoms with Crippen molar-refractivity contribution in [2.75, 3.05) is 11.9 Å². The summed E-state index contributed by atoms with van der Waals surface area (Å²) in [5.74, 6) is 0. The number of nitrogens with zero attached hydrogens (tertiary/aromatic N) is 1. The molecule has 0 spiro atoms. The average molecular weight is 328 g/mol. The molecule has 0 aliphatic rings. The zero-order valence-corrected chi connectivity index (χ0v) is 9.57. The van der Waals surface area contributed by atoms with Gasteiger partial charge in [0.05, 0.1) is 11.5 Å². The lowest BCUT2D eigenvalue weighted by atomic mass is 10.2. The molecule has 1 aromatic rings. The molecule has 1 N–H and O–H groups in total. The van der Waals surface area contributed by atoms with E-state index < -0.39 is 17.9 Å². The van der Waals surface area contributed by atoms with E-state index in [1.165, 1.54) is 12.1 Å². The van der Waals surface area contributed by atoms with E-state index in [4.69, 9.17) is 0 Å². The van der Waals surface area contributed by atoms with Gasteiger partial charge in [-0.05, 0) is 34.7 Å². The van der Waals surface area contributed by atoms with Gasteiger partial charge in [-0.25, -0.2) is 8.78 Å². The first-order valence-corrected chi connectivity index (χ1v) is 5.04. The molecule has 0 unspecified atom stereocenters. The lowest BCUT2D eigenvalue weighted by Gasteiger charge is -2.06. The normalized spacial score (nSPS) is 10.4. The Kier molecular flexibility index (Phi) is 4.18. The molecule has 0 bridgehead atoms. The van der Waals surface area contributed by atoms with Crippen molar-refractivity contribution in [2.45, 2.75) is 6.43 Å². The first-order valence-electron chi connectivity index (χ1n) is 3.96. The second-order valence-electron chi connectivity index (χ2n) is 2.69. The second-order valence-corrected chi connectivity index (χ2v) is 3.94. The van der Waals surface area contributed by atoms with Gasteiger partial charge in [-0.1, -0.05) is 0 Å². The van der Waals surface area contributed by atoms with Crippen molar-refractivity contribution in [3.63, 3.8) is 0 Å². The van der Waals surface area contributed by atoms with Crippen molar-refractivity contribution >= 4 is 34.0 Å². The van der Waals surface area contributed by atoms with Gasteiger partial charge >= 0.3 is 0 Å². The van der Waals surface area contributed by atoms with E-state index >= 15 is 0 Å². The molecule has 0 aromatic heterocycles. The molecule has 15 heavy (non-hydrogen) atoms. The van der Waals surface area contributed by atoms with Crippen LogP contribution in [0, 0.1) is 13.7 Å². The van der Waals surface area contributed by atoms with Crippen LogP contribution in [0.4, 0.5) is 20.2 Å². The van der Waals surface area contributed by atoms with Crippen molar-refractivity contribution in [1.82, 2.24) is 0 Å². The Hall–Kier alpha value is -0.990. The van der Waals surface area contributed by atoms with Crippen molar-refractivity contribution in [1.29, 1.82) is 0 Å². The maximum Gasteiger partial charge on any atom is 0.293 e. The van der Waals surface area contributed by atoms with Crippen LogP contribution >= 0.6 is 22.6 Å². The van der Waals surface area contributed by atoms with Crippen LogP contribution < -0.4 is 5.32 Å². The number of rotatable bonds is 4. The van der Waals surface area contributed by atoms with E-state index in [0.29, 0.717) is 3.57 Å². The second kappa shape index (κ2) is 5.19. The van der Waals surface area contributed by atoms with E-state index in [1.807, 2.05) is 22.6 Å². The van der Waals surface area contributed by atoms with Crippen LogP contribution in [0.25, 0.3) is 0 Å². The molecule has 0 heterocycles. The molecule has 1 aromatic carbocycles. The molecule has 7 heteroatoms. The van der Waals surface area contributed by atoms with Gasteiger partial charge in [-0.15, -0.1) is 0 Å².